The van der Waals surface area contributed by atoms with Crippen LogP contribution in [0.2, 0.25) is 0 Å². The number of methoxy groups -OCH3 is 1. The summed E-state index contributed by atoms with van der Waals surface area (Å²) in [5.41, 5.74) is 2.52. The second kappa shape index (κ2) is 9.50. The number of fused-ring (bicyclic) bond motifs is 1. The molecule has 1 heterocycles. The van der Waals surface area contributed by atoms with E-state index >= 15 is 0 Å². The number of nitrogens with one attached hydrogen (secondary N) is 1. The first kappa shape index (κ1) is 22.0. The average Bonchev–Trinajstić information content (AvgIpc) is 3.24. The highest BCUT2D eigenvalue weighted by atomic mass is 32.2. The Hall–Kier alpha value is -3.23. The normalized spacial score (nSPS) is 11.4. The van der Waals surface area contributed by atoms with E-state index in [0.717, 1.165) is 20.8 Å². The SMILES string of the molecule is COc1ccc(S(=O)(=O)CCCC(=O)Nc2cccc(-c3nc4ccccc4s3)c2)cc1. The van der Waals surface area contributed by atoms with Gasteiger partial charge in [0.25, 0.3) is 0 Å². The quantitative estimate of drug-likeness (QED) is 0.387. The number of ether oxygens (including phenoxy) is 1. The number of sulfone groups is 1. The predicted octanol–water partition coefficient (Wildman–Crippen LogP) is 5.16. The van der Waals surface area contributed by atoms with E-state index in [0.29, 0.717) is 11.4 Å². The fraction of sp³-hybridized carbons (Fsp3) is 0.167. The number of para-hydroxylation sites is 1. The number of benzene rings is 3. The predicted molar refractivity (Wildman–Crippen MR) is 128 cm³/mol. The lowest BCUT2D eigenvalue weighted by Gasteiger charge is -2.08. The number of amides is 1. The lowest BCUT2D eigenvalue weighted by Crippen LogP contribution is -2.14. The molecule has 4 aromatic rings. The van der Waals surface area contributed by atoms with Gasteiger partial charge in [0, 0.05) is 17.7 Å². The zero-order valence-electron chi connectivity index (χ0n) is 17.4. The van der Waals surface area contributed by atoms with Gasteiger partial charge in [-0.05, 0) is 55.0 Å². The van der Waals surface area contributed by atoms with Crippen molar-refractivity contribution in [2.24, 2.45) is 0 Å². The van der Waals surface area contributed by atoms with Crippen LogP contribution in [0.5, 0.6) is 5.75 Å². The molecule has 0 fully saturated rings. The molecule has 4 rings (SSSR count). The van der Waals surface area contributed by atoms with Gasteiger partial charge in [0.2, 0.25) is 5.91 Å². The molecule has 0 aliphatic rings. The standard InChI is InChI=1S/C24H22N2O4S2/c1-30-19-11-13-20(14-12-19)32(28,29)15-5-10-23(27)25-18-7-4-6-17(16-18)24-26-21-8-2-3-9-22(21)31-24/h2-4,6-9,11-14,16H,5,10,15H2,1H3,(H,25,27). The summed E-state index contributed by atoms with van der Waals surface area (Å²) in [7, 11) is -1.93. The van der Waals surface area contributed by atoms with E-state index in [4.69, 9.17) is 4.74 Å². The molecule has 0 bridgehead atoms. The summed E-state index contributed by atoms with van der Waals surface area (Å²) in [6.07, 6.45) is 0.346. The van der Waals surface area contributed by atoms with Crippen LogP contribution < -0.4 is 10.1 Å². The minimum atomic E-state index is -3.45. The van der Waals surface area contributed by atoms with Crippen LogP contribution in [0.3, 0.4) is 0 Å². The third-order valence-corrected chi connectivity index (χ3v) is 7.82. The van der Waals surface area contributed by atoms with Gasteiger partial charge in [-0.15, -0.1) is 11.3 Å². The second-order valence-corrected chi connectivity index (χ2v) is 10.4. The molecule has 0 atom stereocenters. The van der Waals surface area contributed by atoms with Crippen LogP contribution in [0.25, 0.3) is 20.8 Å². The van der Waals surface area contributed by atoms with Crippen molar-refractivity contribution in [2.75, 3.05) is 18.2 Å². The van der Waals surface area contributed by atoms with Crippen LogP contribution in [0, 0.1) is 0 Å². The molecule has 6 nitrogen and oxygen atoms in total. The number of rotatable bonds is 8. The van der Waals surface area contributed by atoms with Crippen molar-refractivity contribution in [1.29, 1.82) is 0 Å². The number of thiazole rings is 1. The Labute approximate surface area is 190 Å². The van der Waals surface area contributed by atoms with Crippen LogP contribution in [-0.2, 0) is 14.6 Å². The van der Waals surface area contributed by atoms with E-state index in [-0.39, 0.29) is 29.4 Å². The third kappa shape index (κ3) is 5.15. The van der Waals surface area contributed by atoms with E-state index in [1.54, 1.807) is 23.5 Å². The van der Waals surface area contributed by atoms with Gasteiger partial charge in [-0.25, -0.2) is 13.4 Å². The van der Waals surface area contributed by atoms with Crippen molar-refractivity contribution in [3.05, 3.63) is 72.8 Å². The van der Waals surface area contributed by atoms with Gasteiger partial charge in [0.1, 0.15) is 10.8 Å². The summed E-state index contributed by atoms with van der Waals surface area (Å²) >= 11 is 1.60. The zero-order chi connectivity index (χ0) is 22.6. The molecule has 164 valence electrons. The first-order valence-electron chi connectivity index (χ1n) is 10.1. The minimum absolute atomic E-state index is 0.0987. The molecule has 32 heavy (non-hydrogen) atoms. The van der Waals surface area contributed by atoms with Crippen molar-refractivity contribution < 1.29 is 17.9 Å². The maximum atomic E-state index is 12.5. The molecule has 0 aliphatic heterocycles. The lowest BCUT2D eigenvalue weighted by atomic mass is 10.2. The summed E-state index contributed by atoms with van der Waals surface area (Å²) in [5.74, 6) is 0.270. The molecule has 0 spiro atoms. The Kier molecular flexibility index (Phi) is 6.53. The molecule has 0 radical (unpaired) electrons. The minimum Gasteiger partial charge on any atom is -0.497 e. The smallest absolute Gasteiger partial charge is 0.224 e. The Bertz CT molecular complexity index is 1310. The Morgan fingerprint density at radius 3 is 2.56 bits per heavy atom. The van der Waals surface area contributed by atoms with Crippen molar-refractivity contribution in [3.8, 4) is 16.3 Å². The summed E-state index contributed by atoms with van der Waals surface area (Å²) < 4.78 is 31.1. The average molecular weight is 467 g/mol. The number of hydrogen-bond acceptors (Lipinski definition) is 6. The van der Waals surface area contributed by atoms with Gasteiger partial charge >= 0.3 is 0 Å². The van der Waals surface area contributed by atoms with Crippen LogP contribution in [-0.4, -0.2) is 32.2 Å². The van der Waals surface area contributed by atoms with E-state index < -0.39 is 9.84 Å². The monoisotopic (exact) mass is 466 g/mol. The molecule has 0 saturated carbocycles. The second-order valence-electron chi connectivity index (χ2n) is 7.21. The van der Waals surface area contributed by atoms with Crippen molar-refractivity contribution in [1.82, 2.24) is 4.98 Å². The Balaban J connectivity index is 1.35. The topological polar surface area (TPSA) is 85.4 Å². The summed E-state index contributed by atoms with van der Waals surface area (Å²) in [6.45, 7) is 0. The van der Waals surface area contributed by atoms with Crippen molar-refractivity contribution in [3.63, 3.8) is 0 Å². The fourth-order valence-corrected chi connectivity index (χ4v) is 5.55. The summed E-state index contributed by atoms with van der Waals surface area (Å²) in [4.78, 5) is 17.2. The first-order valence-corrected chi connectivity index (χ1v) is 12.5. The molecular formula is C24H22N2O4S2. The van der Waals surface area contributed by atoms with Crippen LogP contribution in [0.15, 0.2) is 77.7 Å². The molecule has 1 amide bonds. The Morgan fingerprint density at radius 2 is 1.81 bits per heavy atom. The van der Waals surface area contributed by atoms with Crippen molar-refractivity contribution >= 4 is 43.0 Å². The van der Waals surface area contributed by atoms with Gasteiger partial charge in [-0.1, -0.05) is 24.3 Å². The maximum Gasteiger partial charge on any atom is 0.224 e. The highest BCUT2D eigenvalue weighted by molar-refractivity contribution is 7.91. The molecule has 0 unspecified atom stereocenters. The maximum absolute atomic E-state index is 12.5. The van der Waals surface area contributed by atoms with E-state index in [9.17, 15) is 13.2 Å². The highest BCUT2D eigenvalue weighted by Crippen LogP contribution is 2.31. The third-order valence-electron chi connectivity index (χ3n) is 4.92. The van der Waals surface area contributed by atoms with Crippen molar-refractivity contribution in [2.45, 2.75) is 17.7 Å². The lowest BCUT2D eigenvalue weighted by molar-refractivity contribution is -0.116. The van der Waals surface area contributed by atoms with Crippen LogP contribution in [0.1, 0.15) is 12.8 Å². The van der Waals surface area contributed by atoms with Gasteiger partial charge in [0.05, 0.1) is 28.0 Å². The van der Waals surface area contributed by atoms with Gasteiger partial charge in [0.15, 0.2) is 9.84 Å². The van der Waals surface area contributed by atoms with E-state index in [1.165, 1.54) is 19.2 Å². The number of carbonyl (C=O) groups excluding carboxylic acids is 1. The number of carbonyl (C=O) groups is 1. The first-order chi connectivity index (χ1) is 15.4. The van der Waals surface area contributed by atoms with Gasteiger partial charge < -0.3 is 10.1 Å². The molecule has 0 saturated heterocycles. The van der Waals surface area contributed by atoms with Crippen LogP contribution in [0.4, 0.5) is 5.69 Å². The number of anilines is 1. The summed E-state index contributed by atoms with van der Waals surface area (Å²) in [5, 5.41) is 3.74. The van der Waals surface area contributed by atoms with Gasteiger partial charge in [-0.3, -0.25) is 4.79 Å². The van der Waals surface area contributed by atoms with Crippen LogP contribution >= 0.6 is 11.3 Å². The Morgan fingerprint density at radius 1 is 1.03 bits per heavy atom. The van der Waals surface area contributed by atoms with Gasteiger partial charge in [-0.2, -0.15) is 0 Å². The molecule has 3 aromatic carbocycles. The molecule has 0 aliphatic carbocycles. The summed E-state index contributed by atoms with van der Waals surface area (Å²) in [6, 6.07) is 21.7. The largest absolute Gasteiger partial charge is 0.497 e. The molecule has 1 aromatic heterocycles. The number of nitrogens with zero attached hydrogens (tertiary/aromatic N) is 1. The fourth-order valence-electron chi connectivity index (χ4n) is 3.27. The molecule has 8 heteroatoms. The highest BCUT2D eigenvalue weighted by Gasteiger charge is 2.15. The number of hydrogen-bond donors (Lipinski definition) is 1. The van der Waals surface area contributed by atoms with E-state index in [1.807, 2.05) is 48.5 Å². The molecular weight excluding hydrogens is 444 g/mol. The van der Waals surface area contributed by atoms with E-state index in [2.05, 4.69) is 10.3 Å². The zero-order valence-corrected chi connectivity index (χ0v) is 19.1. The molecule has 1 N–H and O–H groups in total. The number of aromatic nitrogens is 1.